The highest BCUT2D eigenvalue weighted by Gasteiger charge is 2.24. The Bertz CT molecular complexity index is 404. The zero-order valence-corrected chi connectivity index (χ0v) is 10.5. The highest BCUT2D eigenvalue weighted by molar-refractivity contribution is 8.00. The second-order valence-electron chi connectivity index (χ2n) is 4.39. The SMILES string of the molecule is NC(CCC(=O)O)c1ccccc1SC1CC1. The lowest BCUT2D eigenvalue weighted by Crippen LogP contribution is -2.13. The lowest BCUT2D eigenvalue weighted by atomic mass is 10.0. The van der Waals surface area contributed by atoms with E-state index in [0.29, 0.717) is 6.42 Å². The van der Waals surface area contributed by atoms with Crippen molar-refractivity contribution in [3.63, 3.8) is 0 Å². The highest BCUT2D eigenvalue weighted by Crippen LogP contribution is 2.41. The Hall–Kier alpha value is -1.00. The van der Waals surface area contributed by atoms with Crippen LogP contribution in [0.25, 0.3) is 0 Å². The number of hydrogen-bond acceptors (Lipinski definition) is 3. The van der Waals surface area contributed by atoms with E-state index in [1.807, 2.05) is 30.0 Å². The Morgan fingerprint density at radius 3 is 2.82 bits per heavy atom. The first-order valence-electron chi connectivity index (χ1n) is 5.90. The summed E-state index contributed by atoms with van der Waals surface area (Å²) in [5.74, 6) is -0.784. The molecule has 0 radical (unpaired) electrons. The topological polar surface area (TPSA) is 63.3 Å². The maximum Gasteiger partial charge on any atom is 0.303 e. The number of thioether (sulfide) groups is 1. The Morgan fingerprint density at radius 1 is 1.47 bits per heavy atom. The Balaban J connectivity index is 2.04. The fourth-order valence-corrected chi connectivity index (χ4v) is 2.94. The maximum atomic E-state index is 10.5. The number of benzene rings is 1. The van der Waals surface area contributed by atoms with Gasteiger partial charge >= 0.3 is 5.97 Å². The minimum atomic E-state index is -0.784. The van der Waals surface area contributed by atoms with E-state index in [9.17, 15) is 4.79 Å². The molecule has 0 saturated heterocycles. The van der Waals surface area contributed by atoms with Gasteiger partial charge in [0, 0.05) is 22.6 Å². The van der Waals surface area contributed by atoms with Crippen LogP contribution in [0.1, 0.15) is 37.3 Å². The molecule has 1 unspecified atom stereocenters. The number of nitrogens with two attached hydrogens (primary N) is 1. The summed E-state index contributed by atoms with van der Waals surface area (Å²) in [6, 6.07) is 7.90. The Morgan fingerprint density at radius 2 is 2.18 bits per heavy atom. The normalized spacial score (nSPS) is 16.8. The van der Waals surface area contributed by atoms with Gasteiger partial charge in [-0.15, -0.1) is 11.8 Å². The smallest absolute Gasteiger partial charge is 0.303 e. The molecule has 1 atom stereocenters. The van der Waals surface area contributed by atoms with Crippen LogP contribution in [0.4, 0.5) is 0 Å². The van der Waals surface area contributed by atoms with Gasteiger partial charge < -0.3 is 10.8 Å². The molecule has 1 aliphatic rings. The molecule has 92 valence electrons. The molecule has 1 aromatic carbocycles. The number of rotatable bonds is 6. The predicted octanol–water partition coefficient (Wildman–Crippen LogP) is 2.81. The van der Waals surface area contributed by atoms with Crippen LogP contribution in [0, 0.1) is 0 Å². The van der Waals surface area contributed by atoms with Crippen LogP contribution in [-0.4, -0.2) is 16.3 Å². The van der Waals surface area contributed by atoms with E-state index in [1.54, 1.807) is 0 Å². The van der Waals surface area contributed by atoms with Crippen molar-refractivity contribution in [2.45, 2.75) is 41.9 Å². The van der Waals surface area contributed by atoms with E-state index in [-0.39, 0.29) is 12.5 Å². The van der Waals surface area contributed by atoms with Crippen LogP contribution in [0.3, 0.4) is 0 Å². The summed E-state index contributed by atoms with van der Waals surface area (Å²) >= 11 is 1.87. The van der Waals surface area contributed by atoms with Gasteiger partial charge in [-0.25, -0.2) is 0 Å². The summed E-state index contributed by atoms with van der Waals surface area (Å²) in [7, 11) is 0. The molecule has 0 aromatic heterocycles. The summed E-state index contributed by atoms with van der Waals surface area (Å²) in [5, 5.41) is 9.41. The average molecular weight is 251 g/mol. The number of hydrogen-bond donors (Lipinski definition) is 2. The molecule has 1 saturated carbocycles. The summed E-state index contributed by atoms with van der Waals surface area (Å²) in [6.07, 6.45) is 3.19. The quantitative estimate of drug-likeness (QED) is 0.816. The molecule has 3 nitrogen and oxygen atoms in total. The zero-order valence-electron chi connectivity index (χ0n) is 9.63. The summed E-state index contributed by atoms with van der Waals surface area (Å²) in [4.78, 5) is 11.8. The minimum absolute atomic E-state index is 0.129. The lowest BCUT2D eigenvalue weighted by Gasteiger charge is -2.15. The Labute approximate surface area is 105 Å². The first-order chi connectivity index (χ1) is 8.16. The van der Waals surface area contributed by atoms with Gasteiger partial charge in [0.25, 0.3) is 0 Å². The number of carboxylic acid groups (broad SMARTS) is 1. The summed E-state index contributed by atoms with van der Waals surface area (Å²) < 4.78 is 0. The summed E-state index contributed by atoms with van der Waals surface area (Å²) in [5.41, 5.74) is 7.15. The van der Waals surface area contributed by atoms with E-state index in [2.05, 4.69) is 6.07 Å². The molecule has 1 aliphatic carbocycles. The van der Waals surface area contributed by atoms with Crippen molar-refractivity contribution < 1.29 is 9.90 Å². The molecule has 0 spiro atoms. The standard InChI is InChI=1S/C13H17NO2S/c14-11(7-8-13(15)16)10-3-1-2-4-12(10)17-9-5-6-9/h1-4,9,11H,5-8,14H2,(H,15,16). The second-order valence-corrected chi connectivity index (χ2v) is 5.74. The third-order valence-corrected chi connectivity index (χ3v) is 4.24. The van der Waals surface area contributed by atoms with Crippen molar-refractivity contribution in [2.24, 2.45) is 5.73 Å². The molecule has 17 heavy (non-hydrogen) atoms. The molecule has 0 aliphatic heterocycles. The van der Waals surface area contributed by atoms with Crippen LogP contribution < -0.4 is 5.73 Å². The van der Waals surface area contributed by atoms with E-state index in [0.717, 1.165) is 10.8 Å². The van der Waals surface area contributed by atoms with Crippen LogP contribution in [0.2, 0.25) is 0 Å². The molecule has 2 rings (SSSR count). The zero-order chi connectivity index (χ0) is 12.3. The van der Waals surface area contributed by atoms with Crippen molar-refractivity contribution in [3.8, 4) is 0 Å². The lowest BCUT2D eigenvalue weighted by molar-refractivity contribution is -0.137. The molecule has 1 aromatic rings. The Kier molecular flexibility index (Phi) is 4.07. The van der Waals surface area contributed by atoms with E-state index < -0.39 is 5.97 Å². The number of aliphatic carboxylic acids is 1. The van der Waals surface area contributed by atoms with Gasteiger partial charge in [0.1, 0.15) is 0 Å². The first kappa shape index (κ1) is 12.5. The highest BCUT2D eigenvalue weighted by atomic mass is 32.2. The van der Waals surface area contributed by atoms with Crippen LogP contribution >= 0.6 is 11.8 Å². The van der Waals surface area contributed by atoms with Crippen LogP contribution in [0.5, 0.6) is 0 Å². The van der Waals surface area contributed by atoms with Gasteiger partial charge in [0.2, 0.25) is 0 Å². The van der Waals surface area contributed by atoms with Gasteiger partial charge in [-0.3, -0.25) is 4.79 Å². The van der Waals surface area contributed by atoms with Gasteiger partial charge in [-0.05, 0) is 30.9 Å². The largest absolute Gasteiger partial charge is 0.481 e. The molecule has 0 amide bonds. The van der Waals surface area contributed by atoms with Crippen molar-refractivity contribution in [3.05, 3.63) is 29.8 Å². The fraction of sp³-hybridized carbons (Fsp3) is 0.462. The van der Waals surface area contributed by atoms with Crippen molar-refractivity contribution in [1.82, 2.24) is 0 Å². The second kappa shape index (κ2) is 5.56. The molecule has 3 N–H and O–H groups in total. The predicted molar refractivity (Wildman–Crippen MR) is 69.1 cm³/mol. The minimum Gasteiger partial charge on any atom is -0.481 e. The fourth-order valence-electron chi connectivity index (χ4n) is 1.69. The number of carboxylic acids is 1. The van der Waals surface area contributed by atoms with Crippen molar-refractivity contribution >= 4 is 17.7 Å². The van der Waals surface area contributed by atoms with Gasteiger partial charge in [-0.2, -0.15) is 0 Å². The van der Waals surface area contributed by atoms with E-state index in [4.69, 9.17) is 10.8 Å². The van der Waals surface area contributed by atoms with Crippen molar-refractivity contribution in [1.29, 1.82) is 0 Å². The third kappa shape index (κ3) is 3.75. The molecule has 4 heteroatoms. The van der Waals surface area contributed by atoms with Crippen LogP contribution in [0.15, 0.2) is 29.2 Å². The molecule has 1 fully saturated rings. The average Bonchev–Trinajstić information content (AvgIpc) is 3.10. The molecule has 0 heterocycles. The summed E-state index contributed by atoms with van der Waals surface area (Å²) in [6.45, 7) is 0. The third-order valence-electron chi connectivity index (χ3n) is 2.81. The van der Waals surface area contributed by atoms with Crippen LogP contribution in [-0.2, 0) is 4.79 Å². The maximum absolute atomic E-state index is 10.5. The number of carbonyl (C=O) groups is 1. The van der Waals surface area contributed by atoms with Gasteiger partial charge in [0.15, 0.2) is 0 Å². The molecular formula is C13H17NO2S. The van der Waals surface area contributed by atoms with E-state index in [1.165, 1.54) is 17.7 Å². The van der Waals surface area contributed by atoms with Gasteiger partial charge in [0.05, 0.1) is 0 Å². The van der Waals surface area contributed by atoms with Crippen molar-refractivity contribution in [2.75, 3.05) is 0 Å². The molecular weight excluding hydrogens is 234 g/mol. The molecule has 0 bridgehead atoms. The van der Waals surface area contributed by atoms with Gasteiger partial charge in [-0.1, -0.05) is 18.2 Å². The first-order valence-corrected chi connectivity index (χ1v) is 6.77. The van der Waals surface area contributed by atoms with E-state index >= 15 is 0 Å². The monoisotopic (exact) mass is 251 g/mol.